The topological polar surface area (TPSA) is 167 Å². The number of pyridine rings is 1. The Bertz CT molecular complexity index is 1520. The first-order valence-corrected chi connectivity index (χ1v) is 17.1. The summed E-state index contributed by atoms with van der Waals surface area (Å²) in [7, 11) is 0. The number of nitrogens with zero attached hydrogens (tertiary/aromatic N) is 2. The number of nitrogens with one attached hydrogen (secondary N) is 3. The van der Waals surface area contributed by atoms with Crippen molar-refractivity contribution in [2.24, 2.45) is 11.3 Å². The van der Waals surface area contributed by atoms with Gasteiger partial charge in [-0.25, -0.2) is 5.43 Å². The smallest absolute Gasteiger partial charge is 0.325 e. The Labute approximate surface area is 302 Å². The Morgan fingerprint density at radius 1 is 1.10 bits per heavy atom. The summed E-state index contributed by atoms with van der Waals surface area (Å²) in [5, 5.41) is 15.3. The number of carboxylic acids is 1. The second kappa shape index (κ2) is 18.5. The van der Waals surface area contributed by atoms with Crippen LogP contribution in [0.25, 0.3) is 17.0 Å². The van der Waals surface area contributed by atoms with Crippen LogP contribution in [0, 0.1) is 11.3 Å². The van der Waals surface area contributed by atoms with Gasteiger partial charge >= 0.3 is 5.97 Å². The lowest BCUT2D eigenvalue weighted by Gasteiger charge is -2.35. The largest absolute Gasteiger partial charge is 0.481 e. The molecule has 0 bridgehead atoms. The number of aryl methyl sites for hydroxylation is 1. The van der Waals surface area contributed by atoms with Crippen LogP contribution in [0.1, 0.15) is 72.6 Å². The quantitative estimate of drug-likeness (QED) is 0.183. The number of hydrazine groups is 1. The number of hydrogen-bond donors (Lipinski definition) is 4. The molecular weight excluding hydrogens is 697 g/mol. The minimum Gasteiger partial charge on any atom is -0.481 e. The van der Waals surface area contributed by atoms with E-state index < -0.39 is 57.7 Å². The molecule has 1 saturated heterocycles. The third-order valence-electron chi connectivity index (χ3n) is 7.49. The van der Waals surface area contributed by atoms with E-state index in [1.54, 1.807) is 26.8 Å². The molecule has 1 aromatic heterocycles. The second-order valence-corrected chi connectivity index (χ2v) is 15.2. The Hall–Kier alpha value is -3.45. The summed E-state index contributed by atoms with van der Waals surface area (Å²) in [5.74, 6) is -3.04. The molecular formula is C34H46Cl3N5O7. The van der Waals surface area contributed by atoms with Crippen molar-refractivity contribution in [3.8, 4) is 0 Å². The number of amides is 3. The molecule has 3 unspecified atom stereocenters. The highest BCUT2D eigenvalue weighted by Gasteiger charge is 2.35. The predicted molar refractivity (Wildman–Crippen MR) is 191 cm³/mol. The molecule has 0 aliphatic carbocycles. The van der Waals surface area contributed by atoms with Crippen molar-refractivity contribution in [3.63, 3.8) is 0 Å². The van der Waals surface area contributed by atoms with Crippen LogP contribution in [0.3, 0.4) is 0 Å². The first kappa shape index (κ1) is 41.7. The highest BCUT2D eigenvalue weighted by atomic mass is 35.6. The Morgan fingerprint density at radius 2 is 1.73 bits per heavy atom. The number of carbonyl (C=O) groups is 5. The molecule has 270 valence electrons. The summed E-state index contributed by atoms with van der Waals surface area (Å²) in [4.78, 5) is 65.9. The van der Waals surface area contributed by atoms with Gasteiger partial charge in [0.05, 0.1) is 10.9 Å². The number of rotatable bonds is 11. The van der Waals surface area contributed by atoms with E-state index in [0.29, 0.717) is 19.4 Å². The van der Waals surface area contributed by atoms with Gasteiger partial charge in [0.15, 0.2) is 0 Å². The lowest BCUT2D eigenvalue weighted by Crippen LogP contribution is -2.61. The Morgan fingerprint density at radius 3 is 2.33 bits per heavy atom. The first-order chi connectivity index (χ1) is 22.7. The van der Waals surface area contributed by atoms with Crippen LogP contribution in [0.15, 0.2) is 36.4 Å². The van der Waals surface area contributed by atoms with E-state index in [9.17, 15) is 19.2 Å². The summed E-state index contributed by atoms with van der Waals surface area (Å²) in [5.41, 5.74) is 4.69. The zero-order valence-corrected chi connectivity index (χ0v) is 31.1. The second-order valence-electron chi connectivity index (χ2n) is 12.6. The van der Waals surface area contributed by atoms with E-state index in [1.165, 1.54) is 5.01 Å². The molecule has 0 saturated carbocycles. The number of aliphatic carboxylic acids is 1. The number of carboxylic acid groups (broad SMARTS) is 1. The van der Waals surface area contributed by atoms with E-state index >= 15 is 0 Å². The van der Waals surface area contributed by atoms with E-state index in [4.69, 9.17) is 49.4 Å². The van der Waals surface area contributed by atoms with Crippen molar-refractivity contribution in [1.29, 1.82) is 0 Å². The number of alkyl halides is 3. The molecule has 49 heavy (non-hydrogen) atoms. The van der Waals surface area contributed by atoms with Gasteiger partial charge in [-0.3, -0.25) is 34.0 Å². The van der Waals surface area contributed by atoms with Gasteiger partial charge in [-0.1, -0.05) is 85.9 Å². The fraction of sp³-hybridized carbons (Fsp3) is 0.529. The van der Waals surface area contributed by atoms with Crippen LogP contribution >= 0.6 is 34.8 Å². The van der Waals surface area contributed by atoms with Gasteiger partial charge in [0, 0.05) is 24.5 Å². The molecule has 0 spiro atoms. The zero-order chi connectivity index (χ0) is 37.1. The van der Waals surface area contributed by atoms with Crippen LogP contribution in [-0.2, 0) is 35.1 Å². The lowest BCUT2D eigenvalue weighted by molar-refractivity contribution is -0.153. The van der Waals surface area contributed by atoms with Crippen molar-refractivity contribution in [1.82, 2.24) is 26.1 Å². The maximum Gasteiger partial charge on any atom is 0.325 e. The SMILES string of the molecule is CC(=O)O.CCc1ccc2ccc(/C=C/C(C)(C)C(=O)NC(C(=O)NC(C)C(=O)N3CCCC(C(=O)OCC(Cl)(Cl)Cl)N3)C(C)C)cc2n1. The van der Waals surface area contributed by atoms with E-state index in [1.807, 2.05) is 50.3 Å². The maximum absolute atomic E-state index is 13.4. The molecule has 2 heterocycles. The molecule has 2 aromatic rings. The molecule has 3 rings (SSSR count). The van der Waals surface area contributed by atoms with Crippen molar-refractivity contribution in [3.05, 3.63) is 47.7 Å². The number of ether oxygens (including phenoxy) is 1. The molecule has 15 heteroatoms. The standard InChI is InChI=1S/C32H42Cl3N5O5.C2H4O2/c1-7-23-13-12-22-11-10-21(17-25(22)37-23)14-15-31(5,6)30(44)38-26(19(2)3)27(41)36-20(4)28(42)40-16-8-9-24(39-40)29(43)45-18-32(33,34)35;1-2(3)4/h10-15,17,19-20,24,26,39H,7-9,16,18H2,1-6H3,(H,36,41)(H,38,44);1H3,(H,3,4)/b15-14+;. The summed E-state index contributed by atoms with van der Waals surface area (Å²) in [6.07, 6.45) is 5.46. The number of esters is 1. The van der Waals surface area contributed by atoms with Crippen molar-refractivity contribution < 1.29 is 33.8 Å². The van der Waals surface area contributed by atoms with Gasteiger partial charge in [-0.15, -0.1) is 0 Å². The number of fused-ring (bicyclic) bond motifs is 1. The number of halogens is 3. The van der Waals surface area contributed by atoms with E-state index in [0.717, 1.165) is 35.5 Å². The third-order valence-corrected chi connectivity index (χ3v) is 7.82. The molecule has 1 fully saturated rings. The number of benzene rings is 1. The molecule has 1 aliphatic rings. The number of hydrogen-bond acceptors (Lipinski definition) is 8. The summed E-state index contributed by atoms with van der Waals surface area (Å²) in [6, 6.07) is 7.36. The average Bonchev–Trinajstić information content (AvgIpc) is 3.03. The van der Waals surface area contributed by atoms with Crippen LogP contribution in [0.4, 0.5) is 0 Å². The van der Waals surface area contributed by atoms with Gasteiger partial charge in [0.2, 0.25) is 15.6 Å². The monoisotopic (exact) mass is 741 g/mol. The molecule has 3 atom stereocenters. The fourth-order valence-electron chi connectivity index (χ4n) is 4.69. The van der Waals surface area contributed by atoms with Crippen LogP contribution < -0.4 is 16.1 Å². The van der Waals surface area contributed by atoms with E-state index in [2.05, 4.69) is 28.0 Å². The Kier molecular flexibility index (Phi) is 15.8. The molecule has 0 radical (unpaired) electrons. The average molecular weight is 743 g/mol. The van der Waals surface area contributed by atoms with Crippen molar-refractivity contribution >= 4 is 81.4 Å². The third kappa shape index (κ3) is 13.8. The first-order valence-electron chi connectivity index (χ1n) is 15.9. The highest BCUT2D eigenvalue weighted by molar-refractivity contribution is 6.67. The molecule has 4 N–H and O–H groups in total. The van der Waals surface area contributed by atoms with Gasteiger partial charge in [0.1, 0.15) is 24.7 Å². The van der Waals surface area contributed by atoms with Crippen molar-refractivity contribution in [2.45, 2.75) is 89.6 Å². The van der Waals surface area contributed by atoms with Crippen LogP contribution in [-0.4, -0.2) is 79.8 Å². The molecule has 1 aromatic carbocycles. The van der Waals surface area contributed by atoms with Gasteiger partial charge in [-0.05, 0) is 63.6 Å². The predicted octanol–water partition coefficient (Wildman–Crippen LogP) is 4.98. The zero-order valence-electron chi connectivity index (χ0n) is 28.8. The summed E-state index contributed by atoms with van der Waals surface area (Å²) >= 11 is 17.0. The molecule has 1 aliphatic heterocycles. The summed E-state index contributed by atoms with van der Waals surface area (Å²) in [6.45, 7) is 11.7. The molecule has 3 amide bonds. The minimum atomic E-state index is -1.75. The lowest BCUT2D eigenvalue weighted by atomic mass is 9.89. The van der Waals surface area contributed by atoms with Gasteiger partial charge in [-0.2, -0.15) is 0 Å². The van der Waals surface area contributed by atoms with Crippen LogP contribution in [0.2, 0.25) is 0 Å². The van der Waals surface area contributed by atoms with Crippen LogP contribution in [0.5, 0.6) is 0 Å². The normalized spacial score (nSPS) is 16.4. The number of aromatic nitrogens is 1. The summed E-state index contributed by atoms with van der Waals surface area (Å²) < 4.78 is 3.29. The van der Waals surface area contributed by atoms with E-state index in [-0.39, 0.29) is 11.8 Å². The van der Waals surface area contributed by atoms with Crippen molar-refractivity contribution in [2.75, 3.05) is 13.2 Å². The van der Waals surface area contributed by atoms with Gasteiger partial charge in [0.25, 0.3) is 11.9 Å². The molecule has 12 nitrogen and oxygen atoms in total. The fourth-order valence-corrected chi connectivity index (χ4v) is 4.85. The number of carbonyl (C=O) groups excluding carboxylic acids is 4. The Balaban J connectivity index is 0.00000197. The van der Waals surface area contributed by atoms with Gasteiger partial charge < -0.3 is 20.5 Å². The highest BCUT2D eigenvalue weighted by Crippen LogP contribution is 2.26. The maximum atomic E-state index is 13.4. The minimum absolute atomic E-state index is 0.263.